The maximum Gasteiger partial charge on any atom is 0.335 e. The minimum Gasteiger partial charge on any atom is -0.464 e. The van der Waals surface area contributed by atoms with Crippen LogP contribution in [0.2, 0.25) is 5.02 Å². The fourth-order valence-electron chi connectivity index (χ4n) is 3.44. The van der Waals surface area contributed by atoms with Crippen molar-refractivity contribution < 1.29 is 17.9 Å². The molecule has 28 heavy (non-hydrogen) atoms. The second kappa shape index (κ2) is 7.78. The van der Waals surface area contributed by atoms with Crippen LogP contribution in [0.5, 0.6) is 0 Å². The Bertz CT molecular complexity index is 1010. The largest absolute Gasteiger partial charge is 0.464 e. The van der Waals surface area contributed by atoms with Crippen LogP contribution in [0.3, 0.4) is 0 Å². The summed E-state index contributed by atoms with van der Waals surface area (Å²) in [5.41, 5.74) is 1.96. The molecule has 3 rings (SSSR count). The van der Waals surface area contributed by atoms with Crippen molar-refractivity contribution in [2.24, 2.45) is 0 Å². The first-order valence-corrected chi connectivity index (χ1v) is 11.4. The summed E-state index contributed by atoms with van der Waals surface area (Å²) in [6.45, 7) is 3.29. The number of halogens is 2. The first-order chi connectivity index (χ1) is 13.2. The van der Waals surface area contributed by atoms with Crippen LogP contribution in [-0.4, -0.2) is 31.8 Å². The molecule has 2 aromatic carbocycles. The van der Waals surface area contributed by atoms with Crippen molar-refractivity contribution >= 4 is 48.7 Å². The van der Waals surface area contributed by atoms with Crippen molar-refractivity contribution in [3.05, 3.63) is 71.3 Å². The molecule has 1 aliphatic heterocycles. The lowest BCUT2D eigenvalue weighted by molar-refractivity contribution is -0.145. The van der Waals surface area contributed by atoms with Crippen LogP contribution >= 0.6 is 22.3 Å². The SMILES string of the molecule is CCOC(=O)[C@]1(S(=O)(=O)Cl)C=C(c2ccc(Cl)cc2)N(c2ccccc2)[C@H]1C. The summed E-state index contributed by atoms with van der Waals surface area (Å²) in [5.74, 6) is -0.901. The molecular formula is C20H19Cl2NO4S. The molecule has 0 saturated heterocycles. The molecule has 0 saturated carbocycles. The Labute approximate surface area is 173 Å². The summed E-state index contributed by atoms with van der Waals surface area (Å²) in [7, 11) is 1.46. The van der Waals surface area contributed by atoms with Crippen LogP contribution < -0.4 is 4.90 Å². The highest BCUT2D eigenvalue weighted by molar-refractivity contribution is 8.15. The molecule has 0 spiro atoms. The van der Waals surface area contributed by atoms with Gasteiger partial charge in [0.05, 0.1) is 12.6 Å². The van der Waals surface area contributed by atoms with Crippen LogP contribution in [0.1, 0.15) is 19.4 Å². The molecule has 0 aliphatic carbocycles. The van der Waals surface area contributed by atoms with Crippen LogP contribution in [0.25, 0.3) is 5.70 Å². The van der Waals surface area contributed by atoms with E-state index in [1.165, 1.54) is 6.08 Å². The molecule has 1 aliphatic rings. The van der Waals surface area contributed by atoms with E-state index in [1.54, 1.807) is 43.0 Å². The Kier molecular flexibility index (Phi) is 5.75. The van der Waals surface area contributed by atoms with Crippen molar-refractivity contribution in [2.45, 2.75) is 24.6 Å². The van der Waals surface area contributed by atoms with E-state index in [1.807, 2.05) is 30.3 Å². The quantitative estimate of drug-likeness (QED) is 0.508. The van der Waals surface area contributed by atoms with Crippen LogP contribution in [0, 0.1) is 0 Å². The van der Waals surface area contributed by atoms with Gasteiger partial charge in [-0.3, -0.25) is 0 Å². The number of ether oxygens (including phenoxy) is 1. The van der Waals surface area contributed by atoms with Gasteiger partial charge in [-0.15, -0.1) is 0 Å². The number of hydrogen-bond donors (Lipinski definition) is 0. The van der Waals surface area contributed by atoms with Gasteiger partial charge in [0.2, 0.25) is 4.75 Å². The summed E-state index contributed by atoms with van der Waals surface area (Å²) < 4.78 is 28.4. The van der Waals surface area contributed by atoms with Crippen LogP contribution in [-0.2, 0) is 18.6 Å². The number of carbonyl (C=O) groups excluding carboxylic acids is 1. The zero-order chi connectivity index (χ0) is 20.5. The molecule has 2 aromatic rings. The predicted molar refractivity (Wildman–Crippen MR) is 112 cm³/mol. The number of rotatable bonds is 5. The van der Waals surface area contributed by atoms with Crippen molar-refractivity contribution in [1.29, 1.82) is 0 Å². The lowest BCUT2D eigenvalue weighted by Gasteiger charge is -2.34. The van der Waals surface area contributed by atoms with Crippen LogP contribution in [0.15, 0.2) is 60.7 Å². The normalized spacial score (nSPS) is 22.1. The number of hydrogen-bond acceptors (Lipinski definition) is 5. The predicted octanol–water partition coefficient (Wildman–Crippen LogP) is 4.46. The minimum atomic E-state index is -4.37. The Morgan fingerprint density at radius 2 is 1.75 bits per heavy atom. The molecule has 0 N–H and O–H groups in total. The molecule has 148 valence electrons. The summed E-state index contributed by atoms with van der Waals surface area (Å²) in [4.78, 5) is 14.6. The maximum absolute atomic E-state index is 12.9. The zero-order valence-corrected chi connectivity index (χ0v) is 17.6. The highest BCUT2D eigenvalue weighted by atomic mass is 35.7. The molecular weight excluding hydrogens is 421 g/mol. The van der Waals surface area contributed by atoms with E-state index in [-0.39, 0.29) is 6.61 Å². The van der Waals surface area contributed by atoms with Gasteiger partial charge in [-0.1, -0.05) is 41.9 Å². The van der Waals surface area contributed by atoms with E-state index in [2.05, 4.69) is 0 Å². The first kappa shape index (κ1) is 20.7. The van der Waals surface area contributed by atoms with E-state index in [0.29, 0.717) is 16.3 Å². The van der Waals surface area contributed by atoms with Crippen molar-refractivity contribution in [2.75, 3.05) is 11.5 Å². The van der Waals surface area contributed by atoms with Gasteiger partial charge in [0.1, 0.15) is 0 Å². The second-order valence-corrected chi connectivity index (χ2v) is 9.58. The monoisotopic (exact) mass is 439 g/mol. The number of esters is 1. The molecule has 0 bridgehead atoms. The molecule has 5 nitrogen and oxygen atoms in total. The first-order valence-electron chi connectivity index (χ1n) is 8.67. The standard InChI is InChI=1S/C20H19Cl2NO4S/c1-3-27-19(24)20(28(22,25)26)13-18(15-9-11-16(21)12-10-15)23(14(20)2)17-7-5-4-6-8-17/h4-14H,3H2,1-2H3/t14-,20-/m0/s1. The third-order valence-electron chi connectivity index (χ3n) is 4.79. The minimum absolute atomic E-state index is 0.0369. The van der Waals surface area contributed by atoms with E-state index in [9.17, 15) is 13.2 Å². The van der Waals surface area contributed by atoms with E-state index in [4.69, 9.17) is 27.0 Å². The third-order valence-corrected chi connectivity index (χ3v) is 7.24. The average Bonchev–Trinajstić information content (AvgIpc) is 2.97. The Morgan fingerprint density at radius 3 is 2.29 bits per heavy atom. The van der Waals surface area contributed by atoms with Crippen LogP contribution in [0.4, 0.5) is 5.69 Å². The molecule has 2 atom stereocenters. The smallest absolute Gasteiger partial charge is 0.335 e. The number of benzene rings is 2. The lowest BCUT2D eigenvalue weighted by Crippen LogP contribution is -2.54. The molecule has 0 amide bonds. The highest BCUT2D eigenvalue weighted by Crippen LogP contribution is 2.45. The number of nitrogens with zero attached hydrogens (tertiary/aromatic N) is 1. The topological polar surface area (TPSA) is 63.7 Å². The van der Waals surface area contributed by atoms with Gasteiger partial charge >= 0.3 is 5.97 Å². The zero-order valence-electron chi connectivity index (χ0n) is 15.3. The van der Waals surface area contributed by atoms with E-state index in [0.717, 1.165) is 5.69 Å². The third kappa shape index (κ3) is 3.41. The van der Waals surface area contributed by atoms with Crippen molar-refractivity contribution in [1.82, 2.24) is 0 Å². The number of carbonyl (C=O) groups is 1. The summed E-state index contributed by atoms with van der Waals surface area (Å²) in [5, 5.41) is 0.545. The van der Waals surface area contributed by atoms with E-state index < -0.39 is 25.8 Å². The Balaban J connectivity index is 2.27. The summed E-state index contributed by atoms with van der Waals surface area (Å²) in [6.07, 6.45) is 1.38. The molecule has 0 unspecified atom stereocenters. The fourth-order valence-corrected chi connectivity index (χ4v) is 5.29. The summed E-state index contributed by atoms with van der Waals surface area (Å²) >= 11 is 6.00. The average molecular weight is 440 g/mol. The molecule has 8 heteroatoms. The van der Waals surface area contributed by atoms with Gasteiger partial charge in [-0.05, 0) is 49.8 Å². The Hall–Kier alpha value is -2.02. The van der Waals surface area contributed by atoms with Crippen molar-refractivity contribution in [3.8, 4) is 0 Å². The fraction of sp³-hybridized carbons (Fsp3) is 0.250. The Morgan fingerprint density at radius 1 is 1.14 bits per heavy atom. The highest BCUT2D eigenvalue weighted by Gasteiger charge is 2.60. The van der Waals surface area contributed by atoms with Crippen molar-refractivity contribution in [3.63, 3.8) is 0 Å². The van der Waals surface area contributed by atoms with Gasteiger partial charge in [0.15, 0.2) is 0 Å². The molecule has 0 aromatic heterocycles. The molecule has 0 fully saturated rings. The molecule has 0 radical (unpaired) electrons. The lowest BCUT2D eigenvalue weighted by atomic mass is 10.0. The van der Waals surface area contributed by atoms with Gasteiger partial charge in [-0.25, -0.2) is 13.2 Å². The van der Waals surface area contributed by atoms with Gasteiger partial charge in [0.25, 0.3) is 9.05 Å². The maximum atomic E-state index is 12.9. The summed E-state index contributed by atoms with van der Waals surface area (Å²) in [6, 6.07) is 15.3. The van der Waals surface area contributed by atoms with E-state index >= 15 is 0 Å². The van der Waals surface area contributed by atoms with Gasteiger partial charge in [-0.2, -0.15) is 0 Å². The number of anilines is 1. The number of para-hydroxylation sites is 1. The van der Waals surface area contributed by atoms with Gasteiger partial charge < -0.3 is 9.64 Å². The molecule has 1 heterocycles. The van der Waals surface area contributed by atoms with Gasteiger partial charge in [0, 0.05) is 27.1 Å². The second-order valence-electron chi connectivity index (χ2n) is 6.37.